The van der Waals surface area contributed by atoms with Gasteiger partial charge in [-0.05, 0) is 48.8 Å². The Bertz CT molecular complexity index is 1190. The molecule has 0 spiro atoms. The van der Waals surface area contributed by atoms with Gasteiger partial charge in [0.15, 0.2) is 5.76 Å². The van der Waals surface area contributed by atoms with Gasteiger partial charge in [-0.25, -0.2) is 0 Å². The van der Waals surface area contributed by atoms with Gasteiger partial charge in [0.25, 0.3) is 5.91 Å². The van der Waals surface area contributed by atoms with Crippen LogP contribution < -0.4 is 4.90 Å². The van der Waals surface area contributed by atoms with Gasteiger partial charge in [-0.1, -0.05) is 23.7 Å². The lowest BCUT2D eigenvalue weighted by molar-refractivity contribution is 0.0716. The molecule has 5 rings (SSSR count). The average molecular weight is 412 g/mol. The molecule has 1 aliphatic heterocycles. The van der Waals surface area contributed by atoms with E-state index in [1.807, 2.05) is 36.1 Å². The van der Waals surface area contributed by atoms with Crippen molar-refractivity contribution in [3.8, 4) is 0 Å². The highest BCUT2D eigenvalue weighted by atomic mass is 35.5. The van der Waals surface area contributed by atoms with Gasteiger partial charge < -0.3 is 14.2 Å². The first-order valence-electron chi connectivity index (χ1n) is 9.19. The van der Waals surface area contributed by atoms with E-state index in [9.17, 15) is 4.79 Å². The SMILES string of the molecule is Cc1c(C(=O)N2CCN(c3nsc4ccccc34)CC2)oc2ccc(Cl)cc12. The molecule has 1 aliphatic rings. The van der Waals surface area contributed by atoms with E-state index < -0.39 is 0 Å². The Morgan fingerprint density at radius 3 is 2.71 bits per heavy atom. The third kappa shape index (κ3) is 2.84. The molecule has 3 heterocycles. The predicted octanol–water partition coefficient (Wildman–Crippen LogP) is 4.97. The van der Waals surface area contributed by atoms with Crippen LogP contribution in [0.3, 0.4) is 0 Å². The third-order valence-corrected chi connectivity index (χ3v) is 6.37. The average Bonchev–Trinajstić information content (AvgIpc) is 3.29. The second-order valence-corrected chi connectivity index (χ2v) is 8.22. The molecular weight excluding hydrogens is 394 g/mol. The Labute approximate surface area is 171 Å². The smallest absolute Gasteiger partial charge is 0.290 e. The van der Waals surface area contributed by atoms with Crippen LogP contribution in [0.2, 0.25) is 5.02 Å². The fraction of sp³-hybridized carbons (Fsp3) is 0.238. The van der Waals surface area contributed by atoms with Crippen molar-refractivity contribution in [1.29, 1.82) is 0 Å². The van der Waals surface area contributed by atoms with Gasteiger partial charge in [0.1, 0.15) is 11.4 Å². The van der Waals surface area contributed by atoms with Crippen molar-refractivity contribution in [2.45, 2.75) is 6.92 Å². The van der Waals surface area contributed by atoms with E-state index in [-0.39, 0.29) is 5.91 Å². The molecule has 1 amide bonds. The Balaban J connectivity index is 1.35. The molecule has 0 aliphatic carbocycles. The highest BCUT2D eigenvalue weighted by Crippen LogP contribution is 2.31. The van der Waals surface area contributed by atoms with Crippen LogP contribution >= 0.6 is 23.1 Å². The summed E-state index contributed by atoms with van der Waals surface area (Å²) in [6.07, 6.45) is 0. The number of hydrogen-bond donors (Lipinski definition) is 0. The molecule has 7 heteroatoms. The molecule has 0 atom stereocenters. The summed E-state index contributed by atoms with van der Waals surface area (Å²) in [5, 5.41) is 2.71. The maximum absolute atomic E-state index is 13.0. The van der Waals surface area contributed by atoms with Gasteiger partial charge in [0, 0.05) is 47.5 Å². The fourth-order valence-corrected chi connectivity index (χ4v) is 4.73. The van der Waals surface area contributed by atoms with Crippen LogP contribution in [0, 0.1) is 6.92 Å². The molecule has 4 aromatic rings. The summed E-state index contributed by atoms with van der Waals surface area (Å²) >= 11 is 7.61. The van der Waals surface area contributed by atoms with Crippen LogP contribution in [0.1, 0.15) is 16.1 Å². The summed E-state index contributed by atoms with van der Waals surface area (Å²) in [6.45, 7) is 4.70. The van der Waals surface area contributed by atoms with Gasteiger partial charge >= 0.3 is 0 Å². The number of anilines is 1. The first-order chi connectivity index (χ1) is 13.6. The molecular formula is C21H18ClN3O2S. The van der Waals surface area contributed by atoms with Crippen LogP contribution in [0.4, 0.5) is 5.82 Å². The standard InChI is InChI=1S/C21H18ClN3O2S/c1-13-16-12-14(22)6-7-17(16)27-19(13)21(26)25-10-8-24(9-11-25)20-15-4-2-3-5-18(15)28-23-20/h2-7,12H,8-11H2,1H3. The minimum atomic E-state index is -0.0624. The molecule has 142 valence electrons. The first kappa shape index (κ1) is 17.5. The summed E-state index contributed by atoms with van der Waals surface area (Å²) in [4.78, 5) is 17.2. The number of carbonyl (C=O) groups is 1. The number of amides is 1. The van der Waals surface area contributed by atoms with Gasteiger partial charge in [-0.3, -0.25) is 4.79 Å². The number of benzene rings is 2. The molecule has 28 heavy (non-hydrogen) atoms. The van der Waals surface area contributed by atoms with E-state index in [1.165, 1.54) is 21.6 Å². The summed E-state index contributed by atoms with van der Waals surface area (Å²) in [6, 6.07) is 13.7. The molecule has 0 N–H and O–H groups in total. The van der Waals surface area contributed by atoms with Crippen LogP contribution in [0.5, 0.6) is 0 Å². The highest BCUT2D eigenvalue weighted by Gasteiger charge is 2.28. The highest BCUT2D eigenvalue weighted by molar-refractivity contribution is 7.13. The van der Waals surface area contributed by atoms with Crippen molar-refractivity contribution >= 4 is 55.9 Å². The number of nitrogens with zero attached hydrogens (tertiary/aromatic N) is 3. The molecule has 1 fully saturated rings. The summed E-state index contributed by atoms with van der Waals surface area (Å²) in [7, 11) is 0. The number of aryl methyl sites for hydroxylation is 1. The number of halogens is 1. The minimum absolute atomic E-state index is 0.0624. The fourth-order valence-electron chi connectivity index (χ4n) is 3.76. The van der Waals surface area contributed by atoms with Crippen molar-refractivity contribution in [1.82, 2.24) is 9.27 Å². The van der Waals surface area contributed by atoms with E-state index in [4.69, 9.17) is 16.0 Å². The van der Waals surface area contributed by atoms with Crippen LogP contribution in [-0.4, -0.2) is 41.4 Å². The van der Waals surface area contributed by atoms with Gasteiger partial charge in [-0.2, -0.15) is 4.37 Å². The third-order valence-electron chi connectivity index (χ3n) is 5.32. The van der Waals surface area contributed by atoms with E-state index in [0.717, 1.165) is 29.9 Å². The van der Waals surface area contributed by atoms with Crippen LogP contribution in [0.25, 0.3) is 21.1 Å². The van der Waals surface area contributed by atoms with E-state index in [2.05, 4.69) is 21.4 Å². The van der Waals surface area contributed by atoms with Crippen LogP contribution in [-0.2, 0) is 0 Å². The second kappa shape index (κ2) is 6.79. The maximum atomic E-state index is 13.0. The molecule has 2 aromatic carbocycles. The number of aromatic nitrogens is 1. The second-order valence-electron chi connectivity index (χ2n) is 6.98. The zero-order chi connectivity index (χ0) is 19.3. The lowest BCUT2D eigenvalue weighted by Crippen LogP contribution is -2.49. The van der Waals surface area contributed by atoms with Crippen molar-refractivity contribution in [2.24, 2.45) is 0 Å². The lowest BCUT2D eigenvalue weighted by atomic mass is 10.1. The number of hydrogen-bond acceptors (Lipinski definition) is 5. The molecule has 1 saturated heterocycles. The molecule has 0 unspecified atom stereocenters. The van der Waals surface area contributed by atoms with Crippen LogP contribution in [0.15, 0.2) is 46.9 Å². The Morgan fingerprint density at radius 1 is 1.11 bits per heavy atom. The minimum Gasteiger partial charge on any atom is -0.451 e. The Morgan fingerprint density at radius 2 is 1.89 bits per heavy atom. The zero-order valence-corrected chi connectivity index (χ0v) is 16.9. The lowest BCUT2D eigenvalue weighted by Gasteiger charge is -2.34. The number of carbonyl (C=O) groups excluding carboxylic acids is 1. The van der Waals surface area contributed by atoms with Crippen molar-refractivity contribution in [3.05, 3.63) is 58.8 Å². The van der Waals surface area contributed by atoms with E-state index in [1.54, 1.807) is 6.07 Å². The summed E-state index contributed by atoms with van der Waals surface area (Å²) in [5.41, 5.74) is 1.54. The zero-order valence-electron chi connectivity index (χ0n) is 15.3. The van der Waals surface area contributed by atoms with E-state index in [0.29, 0.717) is 29.5 Å². The Kier molecular flexibility index (Phi) is 4.25. The maximum Gasteiger partial charge on any atom is 0.290 e. The molecule has 0 bridgehead atoms. The number of fused-ring (bicyclic) bond motifs is 2. The largest absolute Gasteiger partial charge is 0.451 e. The molecule has 0 saturated carbocycles. The normalized spacial score (nSPS) is 14.9. The monoisotopic (exact) mass is 411 g/mol. The van der Waals surface area contributed by atoms with E-state index >= 15 is 0 Å². The quantitative estimate of drug-likeness (QED) is 0.467. The first-order valence-corrected chi connectivity index (χ1v) is 10.3. The topological polar surface area (TPSA) is 49.6 Å². The van der Waals surface area contributed by atoms with Gasteiger partial charge in [0.05, 0.1) is 4.70 Å². The number of piperazine rings is 1. The summed E-state index contributed by atoms with van der Waals surface area (Å²) < 4.78 is 11.7. The predicted molar refractivity (Wildman–Crippen MR) is 114 cm³/mol. The van der Waals surface area contributed by atoms with Crippen molar-refractivity contribution in [3.63, 3.8) is 0 Å². The van der Waals surface area contributed by atoms with Crippen molar-refractivity contribution < 1.29 is 9.21 Å². The number of furan rings is 1. The molecule has 0 radical (unpaired) electrons. The molecule has 2 aromatic heterocycles. The van der Waals surface area contributed by atoms with Gasteiger partial charge in [-0.15, -0.1) is 0 Å². The Hall–Kier alpha value is -2.57. The molecule has 5 nitrogen and oxygen atoms in total. The van der Waals surface area contributed by atoms with Crippen molar-refractivity contribution in [2.75, 3.05) is 31.1 Å². The van der Waals surface area contributed by atoms with Gasteiger partial charge in [0.2, 0.25) is 0 Å². The summed E-state index contributed by atoms with van der Waals surface area (Å²) in [5.74, 6) is 1.36. The number of rotatable bonds is 2.